The highest BCUT2D eigenvalue weighted by Crippen LogP contribution is 2.11. The molecule has 72 valence electrons. The zero-order chi connectivity index (χ0) is 8.86. The van der Waals surface area contributed by atoms with Gasteiger partial charge in [0.1, 0.15) is 12.5 Å². The van der Waals surface area contributed by atoms with E-state index in [-0.39, 0.29) is 0 Å². The fraction of sp³-hybridized carbons (Fsp3) is 1.00. The highest BCUT2D eigenvalue weighted by Gasteiger charge is 2.18. The molecule has 0 spiro atoms. The van der Waals surface area contributed by atoms with Gasteiger partial charge in [-0.2, -0.15) is 11.8 Å². The van der Waals surface area contributed by atoms with Crippen molar-refractivity contribution in [1.82, 2.24) is 10.8 Å². The van der Waals surface area contributed by atoms with Gasteiger partial charge in [0.05, 0.1) is 0 Å². The van der Waals surface area contributed by atoms with E-state index in [1.807, 2.05) is 11.8 Å². The molecule has 0 radical (unpaired) electrons. The Labute approximate surface area is 77.0 Å². The van der Waals surface area contributed by atoms with Crippen molar-refractivity contribution in [3.05, 3.63) is 0 Å². The molecule has 1 saturated heterocycles. The molecule has 12 heavy (non-hydrogen) atoms. The van der Waals surface area contributed by atoms with E-state index in [0.29, 0.717) is 6.73 Å². The van der Waals surface area contributed by atoms with E-state index in [2.05, 4.69) is 10.8 Å². The molecule has 1 heterocycles. The van der Waals surface area contributed by atoms with Crippen LogP contribution in [-0.4, -0.2) is 35.6 Å². The number of nitrogens with one attached hydrogen (secondary N) is 2. The third-order valence-corrected chi connectivity index (χ3v) is 2.69. The van der Waals surface area contributed by atoms with Gasteiger partial charge in [-0.1, -0.05) is 0 Å². The van der Waals surface area contributed by atoms with E-state index < -0.39 is 5.72 Å². The topological polar surface area (TPSA) is 53.5 Å². The van der Waals surface area contributed by atoms with Crippen LogP contribution in [0.5, 0.6) is 0 Å². The largest absolute Gasteiger partial charge is 0.376 e. The van der Waals surface area contributed by atoms with Crippen molar-refractivity contribution in [2.45, 2.75) is 19.1 Å². The van der Waals surface area contributed by atoms with E-state index in [1.54, 1.807) is 6.92 Å². The van der Waals surface area contributed by atoms with E-state index in [1.165, 1.54) is 0 Å². The van der Waals surface area contributed by atoms with Crippen LogP contribution in [0.15, 0.2) is 0 Å². The summed E-state index contributed by atoms with van der Waals surface area (Å²) in [5.74, 6) is 2.00. The lowest BCUT2D eigenvalue weighted by Gasteiger charge is -2.25. The number of hydroxylamine groups is 1. The molecule has 0 aromatic rings. The Morgan fingerprint density at radius 2 is 2.33 bits per heavy atom. The van der Waals surface area contributed by atoms with E-state index in [9.17, 15) is 5.11 Å². The Bertz CT molecular complexity index is 121. The second kappa shape index (κ2) is 5.04. The molecular weight excluding hydrogens is 176 g/mol. The summed E-state index contributed by atoms with van der Waals surface area (Å²) in [5, 5.41) is 12.6. The van der Waals surface area contributed by atoms with Crippen LogP contribution < -0.4 is 10.8 Å². The summed E-state index contributed by atoms with van der Waals surface area (Å²) in [5.41, 5.74) is 2.00. The van der Waals surface area contributed by atoms with Crippen molar-refractivity contribution >= 4 is 11.8 Å². The standard InChI is InChI=1S/C7H16N2O2S/c1-7(10)2-4-12-5-3-9-11-6-8-7/h8-10H,2-6H2,1H3. The van der Waals surface area contributed by atoms with Gasteiger partial charge in [-0.25, -0.2) is 5.48 Å². The normalized spacial score (nSPS) is 34.5. The maximum Gasteiger partial charge on any atom is 0.120 e. The molecule has 0 bridgehead atoms. The average Bonchev–Trinajstić information content (AvgIpc) is 2.02. The highest BCUT2D eigenvalue weighted by atomic mass is 32.2. The van der Waals surface area contributed by atoms with Crippen LogP contribution in [0.25, 0.3) is 0 Å². The number of aliphatic hydroxyl groups is 1. The molecule has 1 aliphatic heterocycles. The number of hydrogen-bond donors (Lipinski definition) is 3. The van der Waals surface area contributed by atoms with Crippen molar-refractivity contribution in [2.75, 3.05) is 24.8 Å². The number of thioether (sulfide) groups is 1. The van der Waals surface area contributed by atoms with Crippen molar-refractivity contribution in [3.63, 3.8) is 0 Å². The molecule has 0 aliphatic carbocycles. The molecule has 1 atom stereocenters. The smallest absolute Gasteiger partial charge is 0.120 e. The summed E-state index contributed by atoms with van der Waals surface area (Å²) in [6.07, 6.45) is 0.751. The third-order valence-electron chi connectivity index (χ3n) is 1.71. The average molecular weight is 192 g/mol. The minimum absolute atomic E-state index is 0.345. The van der Waals surface area contributed by atoms with Crippen LogP contribution in [0.4, 0.5) is 0 Å². The fourth-order valence-electron chi connectivity index (χ4n) is 0.890. The molecule has 1 fully saturated rings. The van der Waals surface area contributed by atoms with Gasteiger partial charge in [0.25, 0.3) is 0 Å². The lowest BCUT2D eigenvalue weighted by molar-refractivity contribution is -0.0464. The molecule has 1 rings (SSSR count). The van der Waals surface area contributed by atoms with Crippen LogP contribution in [-0.2, 0) is 4.84 Å². The van der Waals surface area contributed by atoms with Crippen molar-refractivity contribution in [2.24, 2.45) is 0 Å². The maximum atomic E-state index is 9.66. The Morgan fingerprint density at radius 1 is 1.50 bits per heavy atom. The number of rotatable bonds is 0. The summed E-state index contributed by atoms with van der Waals surface area (Å²) < 4.78 is 0. The van der Waals surface area contributed by atoms with Gasteiger partial charge in [-0.15, -0.1) is 0 Å². The van der Waals surface area contributed by atoms with Gasteiger partial charge >= 0.3 is 0 Å². The molecule has 1 aliphatic rings. The van der Waals surface area contributed by atoms with Crippen LogP contribution in [0.2, 0.25) is 0 Å². The Kier molecular flexibility index (Phi) is 4.31. The predicted molar refractivity (Wildman–Crippen MR) is 49.7 cm³/mol. The van der Waals surface area contributed by atoms with E-state index in [4.69, 9.17) is 4.84 Å². The first kappa shape index (κ1) is 10.3. The van der Waals surface area contributed by atoms with Crippen molar-refractivity contribution in [3.8, 4) is 0 Å². The second-order valence-electron chi connectivity index (χ2n) is 3.00. The molecule has 0 amide bonds. The lowest BCUT2D eigenvalue weighted by Crippen LogP contribution is -2.45. The summed E-state index contributed by atoms with van der Waals surface area (Å²) in [7, 11) is 0. The Balaban J connectivity index is 2.27. The minimum atomic E-state index is -0.800. The van der Waals surface area contributed by atoms with E-state index in [0.717, 1.165) is 24.5 Å². The first-order chi connectivity index (χ1) is 5.71. The molecule has 0 aromatic carbocycles. The summed E-state index contributed by atoms with van der Waals surface area (Å²) in [4.78, 5) is 5.01. The first-order valence-corrected chi connectivity index (χ1v) is 5.26. The Morgan fingerprint density at radius 3 is 3.17 bits per heavy atom. The first-order valence-electron chi connectivity index (χ1n) is 4.10. The van der Waals surface area contributed by atoms with Crippen LogP contribution in [0.3, 0.4) is 0 Å². The van der Waals surface area contributed by atoms with E-state index >= 15 is 0 Å². The molecule has 0 aromatic heterocycles. The van der Waals surface area contributed by atoms with Crippen molar-refractivity contribution < 1.29 is 9.94 Å². The molecule has 3 N–H and O–H groups in total. The predicted octanol–water partition coefficient (Wildman–Crippen LogP) is -0.0999. The highest BCUT2D eigenvalue weighted by molar-refractivity contribution is 7.99. The van der Waals surface area contributed by atoms with Crippen LogP contribution in [0, 0.1) is 0 Å². The monoisotopic (exact) mass is 192 g/mol. The minimum Gasteiger partial charge on any atom is -0.376 e. The molecule has 0 saturated carbocycles. The van der Waals surface area contributed by atoms with Gasteiger partial charge in [0.2, 0.25) is 0 Å². The van der Waals surface area contributed by atoms with Gasteiger partial charge < -0.3 is 5.11 Å². The summed E-state index contributed by atoms with van der Waals surface area (Å²) >= 11 is 1.81. The Hall–Kier alpha value is 0.190. The molecule has 4 nitrogen and oxygen atoms in total. The zero-order valence-electron chi connectivity index (χ0n) is 7.30. The lowest BCUT2D eigenvalue weighted by atomic mass is 10.2. The SMILES string of the molecule is CC1(O)CCSCCNOCN1. The zero-order valence-corrected chi connectivity index (χ0v) is 8.12. The second-order valence-corrected chi connectivity index (χ2v) is 4.22. The third kappa shape index (κ3) is 4.27. The number of hydrogen-bond acceptors (Lipinski definition) is 5. The van der Waals surface area contributed by atoms with Gasteiger partial charge in [0, 0.05) is 12.3 Å². The fourth-order valence-corrected chi connectivity index (χ4v) is 1.86. The maximum absolute atomic E-state index is 9.66. The van der Waals surface area contributed by atoms with Gasteiger partial charge in [0.15, 0.2) is 0 Å². The molecule has 1 unspecified atom stereocenters. The summed E-state index contributed by atoms with van der Waals surface area (Å²) in [6.45, 7) is 2.96. The van der Waals surface area contributed by atoms with Gasteiger partial charge in [-0.3, -0.25) is 10.2 Å². The van der Waals surface area contributed by atoms with Crippen molar-refractivity contribution in [1.29, 1.82) is 0 Å². The van der Waals surface area contributed by atoms with Gasteiger partial charge in [-0.05, 0) is 19.1 Å². The quantitative estimate of drug-likeness (QED) is 0.500. The molecular formula is C7H16N2O2S. The van der Waals surface area contributed by atoms with Crippen LogP contribution >= 0.6 is 11.8 Å². The van der Waals surface area contributed by atoms with Crippen LogP contribution in [0.1, 0.15) is 13.3 Å². The molecule has 5 heteroatoms. The summed E-state index contributed by atoms with van der Waals surface area (Å²) in [6, 6.07) is 0.